The van der Waals surface area contributed by atoms with E-state index in [0.717, 1.165) is 26.8 Å². The largest absolute Gasteiger partial charge is 0.269 e. The van der Waals surface area contributed by atoms with Gasteiger partial charge in [-0.1, -0.05) is 36.4 Å². The molecule has 0 saturated heterocycles. The monoisotopic (exact) mass is 281 g/mol. The van der Waals surface area contributed by atoms with Crippen LogP contribution < -0.4 is 0 Å². The number of hydrogen-bond donors (Lipinski definition) is 1. The fraction of sp³-hybridized carbons (Fsp3) is 0. The maximum absolute atomic E-state index is 10.7. The van der Waals surface area contributed by atoms with E-state index >= 15 is 0 Å². The minimum absolute atomic E-state index is 0.0928. The van der Waals surface area contributed by atoms with E-state index in [9.17, 15) is 10.1 Å². The van der Waals surface area contributed by atoms with Crippen LogP contribution in [-0.2, 0) is 0 Å². The van der Waals surface area contributed by atoms with Gasteiger partial charge in [0, 0.05) is 17.0 Å². The SMILES string of the molecule is O=[N+]([O-])c1ccc(-c2ccc3ccccc3c2S)cc1. The fourth-order valence-corrected chi connectivity index (χ4v) is 2.66. The molecule has 0 fully saturated rings. The number of nitro groups is 1. The average Bonchev–Trinajstić information content (AvgIpc) is 2.48. The second kappa shape index (κ2) is 4.98. The maximum atomic E-state index is 10.7. The molecule has 0 spiro atoms. The quantitative estimate of drug-likeness (QED) is 0.420. The average molecular weight is 281 g/mol. The molecule has 0 aliphatic heterocycles. The highest BCUT2D eigenvalue weighted by Gasteiger charge is 2.09. The summed E-state index contributed by atoms with van der Waals surface area (Å²) in [5.41, 5.74) is 1.99. The van der Waals surface area contributed by atoms with Gasteiger partial charge in [-0.2, -0.15) is 0 Å². The smallest absolute Gasteiger partial charge is 0.258 e. The molecule has 0 unspecified atom stereocenters. The van der Waals surface area contributed by atoms with Gasteiger partial charge in [0.2, 0.25) is 0 Å². The Labute approximate surface area is 121 Å². The van der Waals surface area contributed by atoms with E-state index in [2.05, 4.69) is 12.6 Å². The van der Waals surface area contributed by atoms with Crippen molar-refractivity contribution in [2.45, 2.75) is 4.90 Å². The molecule has 0 bridgehead atoms. The number of nitro benzene ring substituents is 1. The van der Waals surface area contributed by atoms with Crippen LogP contribution in [0, 0.1) is 10.1 Å². The van der Waals surface area contributed by atoms with E-state index in [4.69, 9.17) is 0 Å². The Morgan fingerprint density at radius 1 is 0.900 bits per heavy atom. The lowest BCUT2D eigenvalue weighted by atomic mass is 10.0. The third-order valence-corrected chi connectivity index (χ3v) is 3.77. The van der Waals surface area contributed by atoms with Gasteiger partial charge in [-0.25, -0.2) is 0 Å². The summed E-state index contributed by atoms with van der Waals surface area (Å²) in [6.07, 6.45) is 0. The van der Waals surface area contributed by atoms with Gasteiger partial charge in [0.25, 0.3) is 5.69 Å². The zero-order valence-electron chi connectivity index (χ0n) is 10.5. The van der Waals surface area contributed by atoms with E-state index in [1.54, 1.807) is 12.1 Å². The van der Waals surface area contributed by atoms with Gasteiger partial charge in [0.05, 0.1) is 4.92 Å². The summed E-state index contributed by atoms with van der Waals surface area (Å²) in [7, 11) is 0. The molecule has 0 aliphatic rings. The second-order valence-electron chi connectivity index (χ2n) is 4.49. The lowest BCUT2D eigenvalue weighted by Crippen LogP contribution is -1.88. The minimum atomic E-state index is -0.397. The lowest BCUT2D eigenvalue weighted by Gasteiger charge is -2.08. The van der Waals surface area contributed by atoms with Crippen molar-refractivity contribution in [1.82, 2.24) is 0 Å². The van der Waals surface area contributed by atoms with Crippen molar-refractivity contribution in [2.24, 2.45) is 0 Å². The first-order valence-electron chi connectivity index (χ1n) is 6.12. The molecule has 0 aliphatic carbocycles. The van der Waals surface area contributed by atoms with Crippen molar-refractivity contribution in [1.29, 1.82) is 0 Å². The molecule has 0 atom stereocenters. The van der Waals surface area contributed by atoms with Crippen molar-refractivity contribution in [3.63, 3.8) is 0 Å². The third kappa shape index (κ3) is 2.14. The second-order valence-corrected chi connectivity index (χ2v) is 4.93. The molecule has 3 aromatic rings. The van der Waals surface area contributed by atoms with Crippen molar-refractivity contribution in [3.05, 3.63) is 70.8 Å². The van der Waals surface area contributed by atoms with E-state index in [1.807, 2.05) is 36.4 Å². The number of nitrogens with zero attached hydrogens (tertiary/aromatic N) is 1. The molecule has 4 heteroatoms. The predicted molar refractivity (Wildman–Crippen MR) is 83.3 cm³/mol. The first-order valence-corrected chi connectivity index (χ1v) is 6.57. The Bertz CT molecular complexity index is 797. The van der Waals surface area contributed by atoms with Gasteiger partial charge < -0.3 is 0 Å². The summed E-state index contributed by atoms with van der Waals surface area (Å²) in [6, 6.07) is 18.6. The molecule has 3 aromatic carbocycles. The van der Waals surface area contributed by atoms with Gasteiger partial charge in [0.1, 0.15) is 0 Å². The number of benzene rings is 3. The molecule has 0 heterocycles. The Hall–Kier alpha value is -2.33. The van der Waals surface area contributed by atoms with Gasteiger partial charge in [0.15, 0.2) is 0 Å². The zero-order valence-corrected chi connectivity index (χ0v) is 11.4. The first-order chi connectivity index (χ1) is 9.66. The summed E-state index contributed by atoms with van der Waals surface area (Å²) in [5.74, 6) is 0. The van der Waals surface area contributed by atoms with Crippen LogP contribution in [-0.4, -0.2) is 4.92 Å². The van der Waals surface area contributed by atoms with E-state index < -0.39 is 4.92 Å². The lowest BCUT2D eigenvalue weighted by molar-refractivity contribution is -0.384. The molecule has 0 radical (unpaired) electrons. The summed E-state index contributed by atoms with van der Waals surface area (Å²) >= 11 is 4.61. The van der Waals surface area contributed by atoms with Crippen molar-refractivity contribution >= 4 is 29.1 Å². The molecule has 0 amide bonds. The molecule has 98 valence electrons. The Kier molecular flexibility index (Phi) is 3.16. The van der Waals surface area contributed by atoms with Crippen LogP contribution in [0.1, 0.15) is 0 Å². The molecular weight excluding hydrogens is 270 g/mol. The highest BCUT2D eigenvalue weighted by atomic mass is 32.1. The Morgan fingerprint density at radius 3 is 2.30 bits per heavy atom. The molecule has 0 saturated carbocycles. The zero-order chi connectivity index (χ0) is 14.1. The van der Waals surface area contributed by atoms with Gasteiger partial charge in [-0.05, 0) is 34.0 Å². The van der Waals surface area contributed by atoms with Gasteiger partial charge in [-0.3, -0.25) is 10.1 Å². The van der Waals surface area contributed by atoms with Crippen molar-refractivity contribution in [3.8, 4) is 11.1 Å². The van der Waals surface area contributed by atoms with Crippen LogP contribution in [0.3, 0.4) is 0 Å². The standard InChI is InChI=1S/C16H11NO2S/c18-17(19)13-8-5-12(6-9-13)15-10-7-11-3-1-2-4-14(11)16(15)20/h1-10,20H. The molecular formula is C16H11NO2S. The first kappa shape index (κ1) is 12.7. The summed E-state index contributed by atoms with van der Waals surface area (Å²) in [4.78, 5) is 11.2. The normalized spacial score (nSPS) is 10.7. The number of rotatable bonds is 2. The van der Waals surface area contributed by atoms with Crippen LogP contribution in [0.5, 0.6) is 0 Å². The highest BCUT2D eigenvalue weighted by molar-refractivity contribution is 7.80. The van der Waals surface area contributed by atoms with Gasteiger partial charge >= 0.3 is 0 Å². The highest BCUT2D eigenvalue weighted by Crippen LogP contribution is 2.33. The number of fused-ring (bicyclic) bond motifs is 1. The molecule has 0 aromatic heterocycles. The van der Waals surface area contributed by atoms with Crippen LogP contribution in [0.4, 0.5) is 5.69 Å². The van der Waals surface area contributed by atoms with Crippen molar-refractivity contribution in [2.75, 3.05) is 0 Å². The van der Waals surface area contributed by atoms with Crippen LogP contribution >= 0.6 is 12.6 Å². The van der Waals surface area contributed by atoms with E-state index in [-0.39, 0.29) is 5.69 Å². The molecule has 20 heavy (non-hydrogen) atoms. The van der Waals surface area contributed by atoms with Gasteiger partial charge in [-0.15, -0.1) is 12.6 Å². The number of non-ortho nitro benzene ring substituents is 1. The Morgan fingerprint density at radius 2 is 1.60 bits per heavy atom. The summed E-state index contributed by atoms with van der Waals surface area (Å²) < 4.78 is 0. The fourth-order valence-electron chi connectivity index (χ4n) is 2.25. The maximum Gasteiger partial charge on any atom is 0.269 e. The van der Waals surface area contributed by atoms with Crippen LogP contribution in [0.25, 0.3) is 21.9 Å². The number of thiol groups is 1. The third-order valence-electron chi connectivity index (χ3n) is 3.29. The van der Waals surface area contributed by atoms with E-state index in [1.165, 1.54) is 12.1 Å². The van der Waals surface area contributed by atoms with Crippen LogP contribution in [0.2, 0.25) is 0 Å². The van der Waals surface area contributed by atoms with Crippen molar-refractivity contribution < 1.29 is 4.92 Å². The van der Waals surface area contributed by atoms with Crippen LogP contribution in [0.15, 0.2) is 65.6 Å². The van der Waals surface area contributed by atoms with E-state index in [0.29, 0.717) is 0 Å². The molecule has 3 nitrogen and oxygen atoms in total. The Balaban J connectivity index is 2.14. The predicted octanol–water partition coefficient (Wildman–Crippen LogP) is 4.70. The molecule has 0 N–H and O–H groups in total. The topological polar surface area (TPSA) is 43.1 Å². The number of hydrogen-bond acceptors (Lipinski definition) is 3. The minimum Gasteiger partial charge on any atom is -0.258 e. The summed E-state index contributed by atoms with van der Waals surface area (Å²) in [5, 5.41) is 12.9. The summed E-state index contributed by atoms with van der Waals surface area (Å²) in [6.45, 7) is 0. The molecule has 3 rings (SSSR count).